The van der Waals surface area contributed by atoms with Crippen molar-refractivity contribution in [3.05, 3.63) is 0 Å². The Hall–Kier alpha value is -0.0551. The summed E-state index contributed by atoms with van der Waals surface area (Å²) in [6, 6.07) is 0. The van der Waals surface area contributed by atoms with Crippen molar-refractivity contribution < 1.29 is 9.84 Å². The number of nitrogens with one attached hydrogen (secondary N) is 1. The SMILES string of the molecule is [B]NCCOCCO. The molecule has 2 N–H and O–H groups in total. The lowest BCUT2D eigenvalue weighted by molar-refractivity contribution is 0.0962. The van der Waals surface area contributed by atoms with Crippen LogP contribution >= 0.6 is 0 Å². The van der Waals surface area contributed by atoms with Gasteiger partial charge in [-0.1, -0.05) is 0 Å². The van der Waals surface area contributed by atoms with E-state index < -0.39 is 0 Å². The molecule has 3 nitrogen and oxygen atoms in total. The summed E-state index contributed by atoms with van der Waals surface area (Å²) >= 11 is 0. The van der Waals surface area contributed by atoms with E-state index in [1.54, 1.807) is 0 Å². The molecule has 0 aliphatic carbocycles. The van der Waals surface area contributed by atoms with Gasteiger partial charge in [-0.05, 0) is 0 Å². The van der Waals surface area contributed by atoms with Crippen molar-refractivity contribution in [1.82, 2.24) is 5.23 Å². The van der Waals surface area contributed by atoms with Crippen LogP contribution in [0.3, 0.4) is 0 Å². The van der Waals surface area contributed by atoms with Gasteiger partial charge in [0.15, 0.2) is 7.98 Å². The van der Waals surface area contributed by atoms with Crippen LogP contribution in [0.2, 0.25) is 0 Å². The Bertz CT molecular complexity index is 39.0. The van der Waals surface area contributed by atoms with Crippen LogP contribution in [0.25, 0.3) is 0 Å². The van der Waals surface area contributed by atoms with Gasteiger partial charge < -0.3 is 15.1 Å². The number of aliphatic hydroxyl groups is 1. The molecule has 4 heteroatoms. The summed E-state index contributed by atoms with van der Waals surface area (Å²) < 4.78 is 4.83. The molecule has 0 saturated heterocycles. The van der Waals surface area contributed by atoms with Gasteiger partial charge in [0.25, 0.3) is 0 Å². The van der Waals surface area contributed by atoms with Crippen LogP contribution in [0.4, 0.5) is 0 Å². The van der Waals surface area contributed by atoms with E-state index in [1.807, 2.05) is 0 Å². The maximum Gasteiger partial charge on any atom is 0.177 e. The number of rotatable bonds is 5. The second-order valence-electron chi connectivity index (χ2n) is 1.29. The normalized spacial score (nSPS) is 9.62. The monoisotopic (exact) mass is 115 g/mol. The first-order valence-corrected chi connectivity index (χ1v) is 2.54. The van der Waals surface area contributed by atoms with Gasteiger partial charge in [-0.3, -0.25) is 0 Å². The molecule has 2 radical (unpaired) electrons. The Morgan fingerprint density at radius 2 is 2.25 bits per heavy atom. The number of hydrogen-bond acceptors (Lipinski definition) is 3. The van der Waals surface area contributed by atoms with E-state index >= 15 is 0 Å². The van der Waals surface area contributed by atoms with Crippen LogP contribution in [0.1, 0.15) is 0 Å². The van der Waals surface area contributed by atoms with Crippen LogP contribution in [0.5, 0.6) is 0 Å². The standard InChI is InChI=1S/C4H10BNO2/c5-6-1-3-8-4-2-7/h6-7H,1-4H2. The highest BCUT2D eigenvalue weighted by atomic mass is 16.5. The molecule has 8 heavy (non-hydrogen) atoms. The van der Waals surface area contributed by atoms with Gasteiger partial charge in [-0.25, -0.2) is 0 Å². The third-order valence-electron chi connectivity index (χ3n) is 0.626. The summed E-state index contributed by atoms with van der Waals surface area (Å²) in [5.41, 5.74) is 0. The third kappa shape index (κ3) is 5.94. The molecule has 0 atom stereocenters. The van der Waals surface area contributed by atoms with E-state index in [2.05, 4.69) is 5.23 Å². The molecule has 0 aliphatic rings. The quantitative estimate of drug-likeness (QED) is 0.344. The molecule has 0 aliphatic heterocycles. The molecule has 0 fully saturated rings. The Labute approximate surface area is 50.5 Å². The number of aliphatic hydroxyl groups excluding tert-OH is 1. The van der Waals surface area contributed by atoms with Crippen LogP contribution in [0.15, 0.2) is 0 Å². The molecule has 0 unspecified atom stereocenters. The lowest BCUT2D eigenvalue weighted by Crippen LogP contribution is -2.16. The van der Waals surface area contributed by atoms with Crippen molar-refractivity contribution in [3.63, 3.8) is 0 Å². The Morgan fingerprint density at radius 3 is 2.75 bits per heavy atom. The molecule has 0 spiro atoms. The highest BCUT2D eigenvalue weighted by Crippen LogP contribution is 1.68. The van der Waals surface area contributed by atoms with E-state index in [0.29, 0.717) is 19.8 Å². The van der Waals surface area contributed by atoms with Crippen molar-refractivity contribution in [2.75, 3.05) is 26.4 Å². The topological polar surface area (TPSA) is 41.5 Å². The second-order valence-corrected chi connectivity index (χ2v) is 1.29. The number of hydrogen-bond donors (Lipinski definition) is 2. The van der Waals surface area contributed by atoms with Crippen LogP contribution in [0, 0.1) is 0 Å². The molecular weight excluding hydrogens is 105 g/mol. The molecule has 0 amide bonds. The van der Waals surface area contributed by atoms with Crippen LogP contribution in [-0.4, -0.2) is 39.5 Å². The first kappa shape index (κ1) is 7.94. The highest BCUT2D eigenvalue weighted by Gasteiger charge is 1.81. The van der Waals surface area contributed by atoms with Crippen molar-refractivity contribution in [2.45, 2.75) is 0 Å². The molecule has 0 bridgehead atoms. The minimum Gasteiger partial charge on any atom is -0.394 e. The minimum absolute atomic E-state index is 0.0740. The van der Waals surface area contributed by atoms with E-state index in [9.17, 15) is 0 Å². The van der Waals surface area contributed by atoms with Gasteiger partial charge in [-0.15, -0.1) is 0 Å². The first-order valence-electron chi connectivity index (χ1n) is 2.54. The molecule has 46 valence electrons. The molecule has 0 aromatic heterocycles. The Balaban J connectivity index is 2.53. The van der Waals surface area contributed by atoms with Gasteiger partial charge in [0.2, 0.25) is 0 Å². The predicted molar refractivity (Wildman–Crippen MR) is 31.7 cm³/mol. The molecular formula is C4H10BNO2. The average Bonchev–Trinajstić information content (AvgIpc) is 1.81. The fraction of sp³-hybridized carbons (Fsp3) is 1.00. The molecule has 0 heterocycles. The van der Waals surface area contributed by atoms with Crippen molar-refractivity contribution in [3.8, 4) is 0 Å². The van der Waals surface area contributed by atoms with Gasteiger partial charge in [0.1, 0.15) is 0 Å². The minimum atomic E-state index is 0.0740. The van der Waals surface area contributed by atoms with Gasteiger partial charge >= 0.3 is 0 Å². The average molecular weight is 115 g/mol. The summed E-state index contributed by atoms with van der Waals surface area (Å²) in [7, 11) is 4.92. The summed E-state index contributed by atoms with van der Waals surface area (Å²) in [5, 5.41) is 10.6. The molecule has 0 aromatic carbocycles. The lowest BCUT2D eigenvalue weighted by Gasteiger charge is -1.98. The number of ether oxygens (including phenoxy) is 1. The largest absolute Gasteiger partial charge is 0.394 e. The summed E-state index contributed by atoms with van der Waals surface area (Å²) in [5.74, 6) is 0. The van der Waals surface area contributed by atoms with Gasteiger partial charge in [0.05, 0.1) is 19.8 Å². The Morgan fingerprint density at radius 1 is 1.50 bits per heavy atom. The molecule has 0 rings (SSSR count). The summed E-state index contributed by atoms with van der Waals surface area (Å²) in [4.78, 5) is 0. The van der Waals surface area contributed by atoms with Crippen molar-refractivity contribution >= 4 is 7.98 Å². The highest BCUT2D eigenvalue weighted by molar-refractivity contribution is 6.04. The van der Waals surface area contributed by atoms with E-state index in [1.165, 1.54) is 0 Å². The zero-order valence-electron chi connectivity index (χ0n) is 4.76. The van der Waals surface area contributed by atoms with E-state index in [0.717, 1.165) is 0 Å². The predicted octanol–water partition coefficient (Wildman–Crippen LogP) is -1.33. The summed E-state index contributed by atoms with van der Waals surface area (Å²) in [6.07, 6.45) is 0. The van der Waals surface area contributed by atoms with Crippen molar-refractivity contribution in [1.29, 1.82) is 0 Å². The van der Waals surface area contributed by atoms with E-state index in [-0.39, 0.29) is 6.61 Å². The summed E-state index contributed by atoms with van der Waals surface area (Å²) in [6.45, 7) is 1.64. The van der Waals surface area contributed by atoms with E-state index in [4.69, 9.17) is 17.8 Å². The van der Waals surface area contributed by atoms with Crippen molar-refractivity contribution in [2.24, 2.45) is 0 Å². The van der Waals surface area contributed by atoms with Gasteiger partial charge in [0, 0.05) is 6.54 Å². The molecule has 0 saturated carbocycles. The van der Waals surface area contributed by atoms with Gasteiger partial charge in [-0.2, -0.15) is 0 Å². The molecule has 0 aromatic rings. The zero-order chi connectivity index (χ0) is 6.24. The van der Waals surface area contributed by atoms with Crippen LogP contribution in [-0.2, 0) is 4.74 Å². The first-order chi connectivity index (χ1) is 3.91. The zero-order valence-corrected chi connectivity index (χ0v) is 4.76. The fourth-order valence-electron chi connectivity index (χ4n) is 0.298. The smallest absolute Gasteiger partial charge is 0.177 e. The second kappa shape index (κ2) is 6.94. The maximum atomic E-state index is 8.19. The lowest BCUT2D eigenvalue weighted by atomic mass is 10.4. The third-order valence-corrected chi connectivity index (χ3v) is 0.626. The Kier molecular flexibility index (Phi) is 6.90. The van der Waals surface area contributed by atoms with Crippen LogP contribution < -0.4 is 5.23 Å². The fourth-order valence-corrected chi connectivity index (χ4v) is 0.298. The maximum absolute atomic E-state index is 8.19.